The van der Waals surface area contributed by atoms with Crippen molar-refractivity contribution >= 4 is 142 Å². The minimum Gasteiger partial charge on any atom is -0.481 e. The molecule has 746 valence electrons. The van der Waals surface area contributed by atoms with Gasteiger partial charge in [-0.15, -0.1) is 0 Å². The first-order valence-corrected chi connectivity index (χ1v) is 43.8. The van der Waals surface area contributed by atoms with Crippen LogP contribution in [0.1, 0.15) is 141 Å². The number of likely N-dealkylation sites (tertiary alicyclic amines) is 2. The first kappa shape index (κ1) is 116. The molecule has 0 bridgehead atoms. The second-order valence-electron chi connectivity index (χ2n) is 32.9. The molecule has 2 aliphatic heterocycles. The van der Waals surface area contributed by atoms with Gasteiger partial charge in [0.15, 0.2) is 6.04 Å². The van der Waals surface area contributed by atoms with Crippen LogP contribution in [0, 0.1) is 17.8 Å². The third-order valence-electron chi connectivity index (χ3n) is 20.8. The van der Waals surface area contributed by atoms with E-state index in [4.69, 9.17) is 11.5 Å². The molecule has 2 saturated heterocycles. The molecule has 54 heteroatoms. The Labute approximate surface area is 763 Å². The number of nitrogens with zero attached hydrogens (tertiary/aromatic N) is 2. The monoisotopic (exact) mass is 1910 g/mol. The second kappa shape index (κ2) is 56.3. The fourth-order valence-corrected chi connectivity index (χ4v) is 13.6. The summed E-state index contributed by atoms with van der Waals surface area (Å²) in [6.07, 6.45) is -8.53. The van der Waals surface area contributed by atoms with Crippen molar-refractivity contribution in [1.82, 2.24) is 100 Å². The van der Waals surface area contributed by atoms with Crippen LogP contribution in [0.15, 0.2) is 0 Å². The maximum Gasteiger partial charge on any atom is 0.328 e. The maximum absolute atomic E-state index is 14.4. The number of carboxylic acid groups (broad SMARTS) is 2. The van der Waals surface area contributed by atoms with Gasteiger partial charge in [0.25, 0.3) is 0 Å². The van der Waals surface area contributed by atoms with Crippen LogP contribution in [-0.4, -0.2) is 388 Å². The highest BCUT2D eigenvalue weighted by atomic mass is 32.2. The number of amides is 20. The van der Waals surface area contributed by atoms with Crippen molar-refractivity contribution in [2.24, 2.45) is 29.2 Å². The van der Waals surface area contributed by atoms with Gasteiger partial charge in [0, 0.05) is 19.5 Å². The maximum atomic E-state index is 14.4. The van der Waals surface area contributed by atoms with E-state index in [-0.39, 0.29) is 44.5 Å². The van der Waals surface area contributed by atoms with E-state index < -0.39 is 339 Å². The Morgan fingerprint density at radius 1 is 0.356 bits per heavy atom. The molecule has 0 saturated carbocycles. The molecule has 0 aromatic carbocycles. The number of aliphatic hydroxyl groups excluding tert-OH is 8. The zero-order valence-corrected chi connectivity index (χ0v) is 76.6. The Bertz CT molecular complexity index is 4070. The number of carboxylic acids is 2. The number of nitrogens with one attached hydrogen (secondary N) is 17. The van der Waals surface area contributed by atoms with Gasteiger partial charge >= 0.3 is 11.9 Å². The number of primary amides is 1. The van der Waals surface area contributed by atoms with Gasteiger partial charge in [-0.05, 0) is 117 Å². The molecule has 0 radical (unpaired) electrons. The van der Waals surface area contributed by atoms with Crippen LogP contribution in [-0.2, 0) is 105 Å². The lowest BCUT2D eigenvalue weighted by molar-refractivity contribution is -0.145. The molecule has 2 aliphatic rings. The number of hydrogen-bond donors (Lipinski definition) is 29. The molecule has 0 aliphatic carbocycles. The van der Waals surface area contributed by atoms with E-state index in [0.29, 0.717) is 6.42 Å². The Morgan fingerprint density at radius 2 is 0.682 bits per heavy atom. The zero-order chi connectivity index (χ0) is 101. The summed E-state index contributed by atoms with van der Waals surface area (Å²) in [5.74, 6) is -26.6. The predicted molar refractivity (Wildman–Crippen MR) is 459 cm³/mol. The average Bonchev–Trinajstić information content (AvgIpc) is 1.60. The van der Waals surface area contributed by atoms with Gasteiger partial charge in [0.1, 0.15) is 96.7 Å². The standard InChI is InChI=1S/C78H131N21O32S/c1-31(2)53(70(122)82-26-50(109)81-27-51(110)90-56(36(9)103)75(127)93-55(33(5)6)72(124)97-60(40(13)107)78(130)131)91-62(114)35(8)83-61(113)34(7)84-65(117)44(28-100)89-74(126)58(38(11)105)95-67(119)46(30-102)87-66(118)45(29-101)88-68(120)47-17-16-23-99(47)77(129)59(39(12)106)96-63(115)42(19-20-49(80)108)85-73(125)57(37(10)104)94-64(116)43(21-24-132-14)86-71(123)54(32(3)4)92-69(121)48-18-15-22-98(48)76(128)41(79)25-52(111)112/h31-48,53-60,100-107H,15-30,79H2,1-14H3,(H2,80,108)(H,81,109)(H,82,122)(H,83,113)(H,84,117)(H,85,125)(H,86,123)(H,87,118)(H,88,120)(H,89,126)(H,90,110)(H,91,114)(H,92,121)(H,93,127)(H,94,116)(H,95,119)(H,96,115)(H,97,124)(H,111,112)(H,130,131)/t34-,35-,36+,37+,38+,39+,40+,41-,42-,43-,44-,45-,46-,47-,48-,53-,54-,55-,56-,57-,58-,59-,60-/m0/s1. The largest absolute Gasteiger partial charge is 0.481 e. The normalized spacial score (nSPS) is 18.4. The molecule has 2 heterocycles. The molecule has 23 atom stereocenters. The number of rotatable bonds is 56. The van der Waals surface area contributed by atoms with Crippen molar-refractivity contribution < 1.29 is 157 Å². The number of thioether (sulfide) groups is 1. The van der Waals surface area contributed by atoms with Gasteiger partial charge in [0.05, 0.1) is 75.9 Å². The molecule has 0 aromatic heterocycles. The van der Waals surface area contributed by atoms with Crippen LogP contribution in [0.4, 0.5) is 0 Å². The Hall–Kier alpha value is -11.7. The van der Waals surface area contributed by atoms with Crippen molar-refractivity contribution in [3.8, 4) is 0 Å². The predicted octanol–water partition coefficient (Wildman–Crippen LogP) is -14.7. The summed E-state index contributed by atoms with van der Waals surface area (Å²) < 4.78 is 0. The van der Waals surface area contributed by atoms with Gasteiger partial charge in [-0.2, -0.15) is 11.8 Å². The van der Waals surface area contributed by atoms with E-state index in [1.54, 1.807) is 20.1 Å². The molecule has 0 unspecified atom stereocenters. The average molecular weight is 1910 g/mol. The van der Waals surface area contributed by atoms with E-state index >= 15 is 0 Å². The highest BCUT2D eigenvalue weighted by molar-refractivity contribution is 7.98. The molecule has 0 spiro atoms. The molecule has 20 amide bonds. The summed E-state index contributed by atoms with van der Waals surface area (Å²) in [5.41, 5.74) is 11.2. The number of hydrogen-bond acceptors (Lipinski definition) is 32. The van der Waals surface area contributed by atoms with Gasteiger partial charge in [0.2, 0.25) is 118 Å². The molecule has 0 aromatic rings. The fraction of sp³-hybridized carbons (Fsp3) is 0.718. The summed E-state index contributed by atoms with van der Waals surface area (Å²) in [7, 11) is 0. The van der Waals surface area contributed by atoms with Crippen LogP contribution in [0.5, 0.6) is 0 Å². The molecule has 53 nitrogen and oxygen atoms in total. The molecular weight excluding hydrogens is 1780 g/mol. The SMILES string of the molecule is CSCC[C@H](NC(=O)[C@@H](NC(=O)[C@@H]1CCCN1C(=O)[C@@H](N)CC(=O)O)C(C)C)C(=O)N[C@H](C(=O)N[C@@H](CCC(N)=O)C(=O)N[C@H](C(=O)N1CCC[C@H]1C(=O)N[C@@H](CO)C(=O)N[C@@H](CO)C(=O)N[C@H](C(=O)N[C@@H](CO)C(=O)N[C@@H](C)C(=O)N[C@@H](C)C(=O)N[C@H](C(=O)NCC(=O)NCC(=O)N[C@H](C(=O)N[C@H](C(=O)N[C@H](C(=O)O)[C@@H](C)O)C(C)C)[C@@H](C)O)C(C)C)[C@@H](C)O)[C@@H](C)O)[C@@H](C)O. The van der Waals surface area contributed by atoms with Crippen LogP contribution < -0.4 is 102 Å². The van der Waals surface area contributed by atoms with Crippen LogP contribution in [0.2, 0.25) is 0 Å². The van der Waals surface area contributed by atoms with Crippen LogP contribution in [0.25, 0.3) is 0 Å². The molecular formula is C78H131N21O32S. The van der Waals surface area contributed by atoms with Crippen molar-refractivity contribution in [2.45, 2.75) is 281 Å². The lowest BCUT2D eigenvalue weighted by atomic mass is 10.0. The topological polar surface area (TPSA) is 841 Å². The van der Waals surface area contributed by atoms with Gasteiger partial charge < -0.3 is 163 Å². The number of aliphatic carboxylic acids is 2. The van der Waals surface area contributed by atoms with E-state index in [9.17, 15) is 157 Å². The van der Waals surface area contributed by atoms with E-state index in [0.717, 1.165) is 51.3 Å². The van der Waals surface area contributed by atoms with Crippen LogP contribution >= 0.6 is 11.8 Å². The summed E-state index contributed by atoms with van der Waals surface area (Å²) in [4.78, 5) is 295. The van der Waals surface area contributed by atoms with Crippen molar-refractivity contribution in [2.75, 3.05) is 58.0 Å². The molecule has 2 fully saturated rings. The number of aliphatic hydroxyl groups is 8. The minimum absolute atomic E-state index is 0.0660. The zero-order valence-electron chi connectivity index (χ0n) is 75.7. The van der Waals surface area contributed by atoms with E-state index in [1.165, 1.54) is 46.4 Å². The summed E-state index contributed by atoms with van der Waals surface area (Å²) in [6, 6.07) is -30.1. The summed E-state index contributed by atoms with van der Waals surface area (Å²) in [5, 5.41) is 140. The number of nitrogens with two attached hydrogens (primary N) is 2. The lowest BCUT2D eigenvalue weighted by Crippen LogP contribution is -2.63. The number of carbonyl (C=O) groups excluding carboxylic acids is 20. The fourth-order valence-electron chi connectivity index (χ4n) is 13.1. The Kier molecular flexibility index (Phi) is 49.6. The van der Waals surface area contributed by atoms with Crippen molar-refractivity contribution in [3.63, 3.8) is 0 Å². The third-order valence-corrected chi connectivity index (χ3v) is 21.4. The minimum atomic E-state index is -2.07. The van der Waals surface area contributed by atoms with Crippen LogP contribution in [0.3, 0.4) is 0 Å². The lowest BCUT2D eigenvalue weighted by Gasteiger charge is -2.32. The van der Waals surface area contributed by atoms with Gasteiger partial charge in [-0.3, -0.25) is 101 Å². The van der Waals surface area contributed by atoms with Crippen molar-refractivity contribution in [1.29, 1.82) is 0 Å². The van der Waals surface area contributed by atoms with E-state index in [1.807, 2.05) is 10.6 Å². The number of carbonyl (C=O) groups is 22. The van der Waals surface area contributed by atoms with E-state index in [2.05, 4.69) is 79.8 Å². The quantitative estimate of drug-likeness (QED) is 0.0269. The first-order chi connectivity index (χ1) is 61.5. The van der Waals surface area contributed by atoms with Gasteiger partial charge in [-0.1, -0.05) is 41.5 Å². The first-order valence-electron chi connectivity index (χ1n) is 42.4. The summed E-state index contributed by atoms with van der Waals surface area (Å²) >= 11 is 1.25. The second-order valence-corrected chi connectivity index (χ2v) is 33.9. The highest BCUT2D eigenvalue weighted by Gasteiger charge is 2.45. The summed E-state index contributed by atoms with van der Waals surface area (Å²) in [6.45, 7) is 11.2. The Morgan fingerprint density at radius 3 is 1.12 bits per heavy atom. The Balaban J connectivity index is 2.14. The molecule has 31 N–H and O–H groups in total. The highest BCUT2D eigenvalue weighted by Crippen LogP contribution is 2.23. The van der Waals surface area contributed by atoms with Crippen molar-refractivity contribution in [3.05, 3.63) is 0 Å². The molecule has 2 rings (SSSR count). The smallest absolute Gasteiger partial charge is 0.328 e. The van der Waals surface area contributed by atoms with Gasteiger partial charge in [-0.25, -0.2) is 4.79 Å². The third kappa shape index (κ3) is 37.2. The molecule has 132 heavy (non-hydrogen) atoms.